The molecule has 0 aliphatic carbocycles. The van der Waals surface area contributed by atoms with E-state index in [-0.39, 0.29) is 0 Å². The molecular weight excluding hydrogens is 217 g/mol. The molecular formula is C12H14BNO3. The highest BCUT2D eigenvalue weighted by Gasteiger charge is 2.16. The Hall–Kier alpha value is -1.96. The topological polar surface area (TPSA) is 59.3 Å². The first kappa shape index (κ1) is 13.1. The van der Waals surface area contributed by atoms with E-state index in [2.05, 4.69) is 4.74 Å². The van der Waals surface area contributed by atoms with Gasteiger partial charge < -0.3 is 9.47 Å². The minimum absolute atomic E-state index is 0.322. The van der Waals surface area contributed by atoms with E-state index in [0.29, 0.717) is 16.9 Å². The maximum atomic E-state index is 11.3. The molecule has 0 saturated heterocycles. The second-order valence-corrected chi connectivity index (χ2v) is 4.53. The Morgan fingerprint density at radius 3 is 2.59 bits per heavy atom. The van der Waals surface area contributed by atoms with Gasteiger partial charge in [-0.2, -0.15) is 5.26 Å². The lowest BCUT2D eigenvalue weighted by atomic mass is 9.85. The molecule has 1 aromatic carbocycles. The lowest BCUT2D eigenvalue weighted by molar-refractivity contribution is 0.0600. The number of methoxy groups -OCH3 is 1. The summed E-state index contributed by atoms with van der Waals surface area (Å²) in [6.45, 7) is 3.78. The first-order valence-corrected chi connectivity index (χ1v) is 5.19. The summed E-state index contributed by atoms with van der Waals surface area (Å²) in [7, 11) is 3.19. The average molecular weight is 231 g/mol. The normalized spacial score (nSPS) is 10.5. The highest BCUT2D eigenvalue weighted by atomic mass is 16.5. The van der Waals surface area contributed by atoms with Crippen LogP contribution in [-0.4, -0.2) is 26.4 Å². The number of hydrogen-bond acceptors (Lipinski definition) is 4. The maximum Gasteiger partial charge on any atom is 0.337 e. The Morgan fingerprint density at radius 1 is 1.47 bits per heavy atom. The van der Waals surface area contributed by atoms with Gasteiger partial charge in [-0.1, -0.05) is 0 Å². The number of carbonyl (C=O) groups is 1. The molecule has 4 nitrogen and oxygen atoms in total. The summed E-state index contributed by atoms with van der Waals surface area (Å²) in [4.78, 5) is 11.3. The number of benzene rings is 1. The SMILES string of the molecule is BC(C)(C)Oc1ccc(C(=O)OC)cc1C#N. The minimum atomic E-state index is -0.469. The van der Waals surface area contributed by atoms with Gasteiger partial charge in [0.1, 0.15) is 11.8 Å². The Kier molecular flexibility index (Phi) is 3.79. The van der Waals surface area contributed by atoms with E-state index in [4.69, 9.17) is 10.00 Å². The van der Waals surface area contributed by atoms with Crippen LogP contribution >= 0.6 is 0 Å². The molecule has 0 N–H and O–H groups in total. The predicted molar refractivity (Wildman–Crippen MR) is 65.7 cm³/mol. The molecule has 0 saturated carbocycles. The van der Waals surface area contributed by atoms with Crippen LogP contribution in [0.3, 0.4) is 0 Å². The zero-order chi connectivity index (χ0) is 13.1. The molecule has 0 unspecified atom stereocenters. The summed E-state index contributed by atoms with van der Waals surface area (Å²) < 4.78 is 10.2. The van der Waals surface area contributed by atoms with Crippen LogP contribution in [0.2, 0.25) is 0 Å². The van der Waals surface area contributed by atoms with Gasteiger partial charge in [-0.3, -0.25) is 0 Å². The van der Waals surface area contributed by atoms with Crippen LogP contribution in [-0.2, 0) is 4.74 Å². The number of nitrogens with zero attached hydrogens (tertiary/aromatic N) is 1. The molecule has 0 atom stereocenters. The highest BCUT2D eigenvalue weighted by Crippen LogP contribution is 2.23. The number of carbonyl (C=O) groups excluding carboxylic acids is 1. The van der Waals surface area contributed by atoms with E-state index in [0.717, 1.165) is 0 Å². The Bertz CT molecular complexity index is 472. The zero-order valence-corrected chi connectivity index (χ0v) is 10.4. The molecule has 1 aromatic rings. The van der Waals surface area contributed by atoms with E-state index in [1.165, 1.54) is 13.2 Å². The highest BCUT2D eigenvalue weighted by molar-refractivity contribution is 6.14. The van der Waals surface area contributed by atoms with Gasteiger partial charge in [0.2, 0.25) is 0 Å². The van der Waals surface area contributed by atoms with E-state index in [1.807, 2.05) is 27.8 Å². The maximum absolute atomic E-state index is 11.3. The third kappa shape index (κ3) is 3.52. The van der Waals surface area contributed by atoms with Gasteiger partial charge in [-0.15, -0.1) is 0 Å². The number of esters is 1. The van der Waals surface area contributed by atoms with Crippen LogP contribution in [0.15, 0.2) is 18.2 Å². The van der Waals surface area contributed by atoms with Crippen molar-refractivity contribution in [3.05, 3.63) is 29.3 Å². The standard InChI is InChI=1S/C12H14BNO3/c1-12(2,13)17-10-5-4-8(11(15)16-3)6-9(10)7-14/h4-6H,13H2,1-3H3. The van der Waals surface area contributed by atoms with Gasteiger partial charge in [-0.25, -0.2) is 4.79 Å². The molecule has 0 spiro atoms. The molecule has 0 aromatic heterocycles. The zero-order valence-electron chi connectivity index (χ0n) is 10.4. The van der Waals surface area contributed by atoms with Crippen LogP contribution < -0.4 is 4.74 Å². The van der Waals surface area contributed by atoms with Crippen molar-refractivity contribution in [2.45, 2.75) is 19.3 Å². The molecule has 0 heterocycles. The van der Waals surface area contributed by atoms with Crippen molar-refractivity contribution in [1.29, 1.82) is 5.26 Å². The van der Waals surface area contributed by atoms with Crippen molar-refractivity contribution in [3.63, 3.8) is 0 Å². The third-order valence-electron chi connectivity index (χ3n) is 1.94. The molecule has 0 aliphatic rings. The Labute approximate surface area is 102 Å². The molecule has 0 amide bonds. The Balaban J connectivity index is 3.11. The number of hydrogen-bond donors (Lipinski definition) is 0. The summed E-state index contributed by atoms with van der Waals surface area (Å²) >= 11 is 0. The van der Waals surface area contributed by atoms with Crippen molar-refractivity contribution >= 4 is 13.8 Å². The molecule has 0 radical (unpaired) electrons. The smallest absolute Gasteiger partial charge is 0.337 e. The summed E-state index contributed by atoms with van der Waals surface area (Å²) in [6, 6.07) is 6.65. The summed E-state index contributed by atoms with van der Waals surface area (Å²) in [5.41, 5.74) is 0.270. The first-order valence-electron chi connectivity index (χ1n) is 5.19. The van der Waals surface area contributed by atoms with Crippen LogP contribution in [0.1, 0.15) is 29.8 Å². The molecule has 0 bridgehead atoms. The second-order valence-electron chi connectivity index (χ2n) is 4.53. The first-order chi connectivity index (χ1) is 7.87. The van der Waals surface area contributed by atoms with E-state index >= 15 is 0 Å². The van der Waals surface area contributed by atoms with Crippen LogP contribution in [0.25, 0.3) is 0 Å². The second kappa shape index (κ2) is 4.92. The van der Waals surface area contributed by atoms with E-state index in [9.17, 15) is 4.79 Å². The summed E-state index contributed by atoms with van der Waals surface area (Å²) in [6.07, 6.45) is 0. The van der Waals surface area contributed by atoms with Gasteiger partial charge in [0.05, 0.1) is 23.7 Å². The molecule has 0 aliphatic heterocycles. The Morgan fingerprint density at radius 2 is 2.12 bits per heavy atom. The van der Waals surface area contributed by atoms with E-state index < -0.39 is 11.5 Å². The lowest BCUT2D eigenvalue weighted by Gasteiger charge is -2.22. The largest absolute Gasteiger partial charge is 0.496 e. The minimum Gasteiger partial charge on any atom is -0.496 e. The lowest BCUT2D eigenvalue weighted by Crippen LogP contribution is -2.28. The van der Waals surface area contributed by atoms with Crippen molar-refractivity contribution in [2.24, 2.45) is 0 Å². The number of ether oxygens (including phenoxy) is 2. The quantitative estimate of drug-likeness (QED) is 0.577. The molecule has 0 fully saturated rings. The molecule has 88 valence electrons. The van der Waals surface area contributed by atoms with Crippen molar-refractivity contribution in [3.8, 4) is 11.8 Å². The van der Waals surface area contributed by atoms with Crippen molar-refractivity contribution in [2.75, 3.05) is 7.11 Å². The van der Waals surface area contributed by atoms with Crippen LogP contribution in [0, 0.1) is 11.3 Å². The van der Waals surface area contributed by atoms with Gasteiger partial charge in [0.15, 0.2) is 7.85 Å². The molecule has 5 heteroatoms. The fourth-order valence-corrected chi connectivity index (χ4v) is 1.28. The van der Waals surface area contributed by atoms with Gasteiger partial charge >= 0.3 is 5.97 Å². The van der Waals surface area contributed by atoms with Crippen LogP contribution in [0.5, 0.6) is 5.75 Å². The van der Waals surface area contributed by atoms with Gasteiger partial charge in [0, 0.05) is 0 Å². The fraction of sp³-hybridized carbons (Fsp3) is 0.333. The van der Waals surface area contributed by atoms with Crippen LogP contribution in [0.4, 0.5) is 0 Å². The van der Waals surface area contributed by atoms with E-state index in [1.54, 1.807) is 12.1 Å². The number of nitriles is 1. The third-order valence-corrected chi connectivity index (χ3v) is 1.94. The summed E-state index contributed by atoms with van der Waals surface area (Å²) in [5.74, 6) is -0.00328. The van der Waals surface area contributed by atoms with Crippen molar-refractivity contribution < 1.29 is 14.3 Å². The predicted octanol–water partition coefficient (Wildman–Crippen LogP) is 1.09. The van der Waals surface area contributed by atoms with Gasteiger partial charge in [-0.05, 0) is 32.0 Å². The summed E-state index contributed by atoms with van der Waals surface area (Å²) in [5, 5.41) is 9.01. The van der Waals surface area contributed by atoms with Crippen molar-refractivity contribution in [1.82, 2.24) is 0 Å². The van der Waals surface area contributed by atoms with Gasteiger partial charge in [0.25, 0.3) is 0 Å². The fourth-order valence-electron chi connectivity index (χ4n) is 1.28. The molecule has 1 rings (SSSR count). The average Bonchev–Trinajstić information content (AvgIpc) is 2.26. The molecule has 17 heavy (non-hydrogen) atoms. The number of rotatable bonds is 3. The monoisotopic (exact) mass is 231 g/mol.